The summed E-state index contributed by atoms with van der Waals surface area (Å²) in [5.74, 6) is 2.41. The number of carbonyl (C=O) groups excluding carboxylic acids is 1. The smallest absolute Gasteiger partial charge is 0.287 e. The van der Waals surface area contributed by atoms with E-state index in [2.05, 4.69) is 15.3 Å². The predicted molar refractivity (Wildman–Crippen MR) is 75.1 cm³/mol. The molecule has 2 heterocycles. The normalized spacial score (nSPS) is 12.4. The molecule has 0 aliphatic rings. The molecule has 1 amide bonds. The molecule has 0 saturated heterocycles. The Labute approximate surface area is 116 Å². The largest absolute Gasteiger partial charge is 0.455 e. The predicted octanol–water partition coefficient (Wildman–Crippen LogP) is 2.67. The molecule has 2 rings (SSSR count). The third-order valence-electron chi connectivity index (χ3n) is 2.65. The minimum atomic E-state index is -0.228. The number of aryl methyl sites for hydroxylation is 1. The summed E-state index contributed by atoms with van der Waals surface area (Å²) in [7, 11) is 0. The van der Waals surface area contributed by atoms with Crippen LogP contribution in [0.15, 0.2) is 22.7 Å². The van der Waals surface area contributed by atoms with Crippen molar-refractivity contribution in [2.45, 2.75) is 25.6 Å². The molecule has 2 aromatic rings. The van der Waals surface area contributed by atoms with E-state index in [9.17, 15) is 4.79 Å². The number of thioether (sulfide) groups is 1. The van der Waals surface area contributed by atoms with Crippen LogP contribution < -0.4 is 5.32 Å². The van der Waals surface area contributed by atoms with Crippen molar-refractivity contribution in [1.82, 2.24) is 15.3 Å². The summed E-state index contributed by atoms with van der Waals surface area (Å²) in [6.07, 6.45) is 3.73. The Bertz CT molecular complexity index is 562. The maximum Gasteiger partial charge on any atom is 0.287 e. The average Bonchev–Trinajstić information content (AvgIpc) is 2.98. The van der Waals surface area contributed by atoms with Crippen LogP contribution in [0.2, 0.25) is 0 Å². The van der Waals surface area contributed by atoms with Crippen molar-refractivity contribution in [3.63, 3.8) is 0 Å². The fourth-order valence-corrected chi connectivity index (χ4v) is 2.15. The van der Waals surface area contributed by atoms with E-state index in [0.717, 1.165) is 23.0 Å². The number of hydrogen-bond donors (Lipinski definition) is 2. The summed E-state index contributed by atoms with van der Waals surface area (Å²) >= 11 is 1.65. The summed E-state index contributed by atoms with van der Waals surface area (Å²) in [6, 6.07) is 3.34. The van der Waals surface area contributed by atoms with Gasteiger partial charge in [-0.25, -0.2) is 4.98 Å². The number of aromatic amines is 1. The van der Waals surface area contributed by atoms with Gasteiger partial charge in [-0.2, -0.15) is 11.8 Å². The van der Waals surface area contributed by atoms with Crippen molar-refractivity contribution in [3.8, 4) is 0 Å². The first-order chi connectivity index (χ1) is 9.10. The summed E-state index contributed by atoms with van der Waals surface area (Å²) in [6.45, 7) is 3.80. The summed E-state index contributed by atoms with van der Waals surface area (Å²) in [5.41, 5.74) is 0.969. The molecule has 1 atom stereocenters. The molecule has 6 heteroatoms. The number of nitrogens with one attached hydrogen (secondary N) is 2. The van der Waals surface area contributed by atoms with Gasteiger partial charge in [-0.05, 0) is 32.2 Å². The zero-order valence-corrected chi connectivity index (χ0v) is 12.0. The number of rotatable bonds is 5. The fraction of sp³-hybridized carbons (Fsp3) is 0.385. The quantitative estimate of drug-likeness (QED) is 0.882. The van der Waals surface area contributed by atoms with E-state index in [1.165, 1.54) is 0 Å². The van der Waals surface area contributed by atoms with Crippen molar-refractivity contribution in [2.24, 2.45) is 0 Å². The summed E-state index contributed by atoms with van der Waals surface area (Å²) < 4.78 is 5.46. The number of hydrogen-bond acceptors (Lipinski definition) is 4. The first-order valence-corrected chi connectivity index (χ1v) is 7.39. The van der Waals surface area contributed by atoms with E-state index in [0.29, 0.717) is 5.76 Å². The lowest BCUT2D eigenvalue weighted by Crippen LogP contribution is -2.27. The van der Waals surface area contributed by atoms with E-state index < -0.39 is 0 Å². The van der Waals surface area contributed by atoms with Crippen LogP contribution in [0.25, 0.3) is 0 Å². The Morgan fingerprint density at radius 1 is 1.58 bits per heavy atom. The van der Waals surface area contributed by atoms with Crippen LogP contribution in [0, 0.1) is 6.92 Å². The second-order valence-electron chi connectivity index (χ2n) is 4.35. The van der Waals surface area contributed by atoms with E-state index in [4.69, 9.17) is 4.42 Å². The molecule has 2 aromatic heterocycles. The zero-order chi connectivity index (χ0) is 13.8. The molecule has 0 saturated carbocycles. The van der Waals surface area contributed by atoms with Gasteiger partial charge in [0.05, 0.1) is 11.8 Å². The SMILES string of the molecule is CSCc1ccc(C(=O)NC(C)c2ncc(C)[nH]2)o1. The van der Waals surface area contributed by atoms with E-state index >= 15 is 0 Å². The fourth-order valence-electron chi connectivity index (χ4n) is 1.71. The molecule has 5 nitrogen and oxygen atoms in total. The monoisotopic (exact) mass is 279 g/mol. The van der Waals surface area contributed by atoms with Crippen LogP contribution >= 0.6 is 11.8 Å². The van der Waals surface area contributed by atoms with Crippen LogP contribution in [-0.4, -0.2) is 22.1 Å². The highest BCUT2D eigenvalue weighted by Gasteiger charge is 2.16. The number of H-pyrrole nitrogens is 1. The van der Waals surface area contributed by atoms with Gasteiger partial charge in [-0.1, -0.05) is 0 Å². The van der Waals surface area contributed by atoms with Gasteiger partial charge >= 0.3 is 0 Å². The molecule has 0 radical (unpaired) electrons. The molecule has 0 fully saturated rings. The summed E-state index contributed by atoms with van der Waals surface area (Å²) in [4.78, 5) is 19.3. The van der Waals surface area contributed by atoms with Crippen LogP contribution in [0.1, 0.15) is 40.8 Å². The van der Waals surface area contributed by atoms with Gasteiger partial charge in [0.15, 0.2) is 5.76 Å². The van der Waals surface area contributed by atoms with Gasteiger partial charge in [-0.15, -0.1) is 0 Å². The third-order valence-corrected chi connectivity index (χ3v) is 3.23. The molecule has 19 heavy (non-hydrogen) atoms. The number of furan rings is 1. The minimum absolute atomic E-state index is 0.185. The van der Waals surface area contributed by atoms with Gasteiger partial charge in [-0.3, -0.25) is 4.79 Å². The minimum Gasteiger partial charge on any atom is -0.455 e. The van der Waals surface area contributed by atoms with Crippen LogP contribution in [-0.2, 0) is 5.75 Å². The van der Waals surface area contributed by atoms with Crippen molar-refractivity contribution < 1.29 is 9.21 Å². The highest BCUT2D eigenvalue weighted by atomic mass is 32.2. The molecule has 0 aliphatic carbocycles. The Kier molecular flexibility index (Phi) is 4.31. The van der Waals surface area contributed by atoms with Gasteiger partial charge in [0, 0.05) is 11.9 Å². The first-order valence-electron chi connectivity index (χ1n) is 6.00. The van der Waals surface area contributed by atoms with Crippen molar-refractivity contribution in [2.75, 3.05) is 6.26 Å². The Hall–Kier alpha value is -1.69. The van der Waals surface area contributed by atoms with Crippen molar-refractivity contribution in [3.05, 3.63) is 41.4 Å². The number of nitrogens with zero attached hydrogens (tertiary/aromatic N) is 1. The van der Waals surface area contributed by atoms with Gasteiger partial charge in [0.2, 0.25) is 0 Å². The second-order valence-corrected chi connectivity index (χ2v) is 5.21. The van der Waals surface area contributed by atoms with E-state index in [1.54, 1.807) is 24.0 Å². The molecule has 2 N–H and O–H groups in total. The molecule has 0 aromatic carbocycles. The van der Waals surface area contributed by atoms with E-state index in [-0.39, 0.29) is 11.9 Å². The standard InChI is InChI=1S/C13H17N3O2S/c1-8-6-14-12(15-8)9(2)16-13(17)11-5-4-10(18-11)7-19-3/h4-6,9H,7H2,1-3H3,(H,14,15)(H,16,17). The van der Waals surface area contributed by atoms with Crippen LogP contribution in [0.3, 0.4) is 0 Å². The van der Waals surface area contributed by atoms with Gasteiger partial charge in [0.25, 0.3) is 5.91 Å². The van der Waals surface area contributed by atoms with E-state index in [1.807, 2.05) is 26.2 Å². The Morgan fingerprint density at radius 2 is 2.37 bits per heavy atom. The average molecular weight is 279 g/mol. The van der Waals surface area contributed by atoms with Crippen molar-refractivity contribution in [1.29, 1.82) is 0 Å². The molecular formula is C13H17N3O2S. The lowest BCUT2D eigenvalue weighted by molar-refractivity contribution is 0.0909. The number of aromatic nitrogens is 2. The molecule has 0 bridgehead atoms. The molecule has 102 valence electrons. The number of amides is 1. The highest BCUT2D eigenvalue weighted by molar-refractivity contribution is 7.97. The molecule has 0 aliphatic heterocycles. The summed E-state index contributed by atoms with van der Waals surface area (Å²) in [5, 5.41) is 2.85. The van der Waals surface area contributed by atoms with Gasteiger partial charge in [0.1, 0.15) is 11.6 Å². The van der Waals surface area contributed by atoms with Crippen LogP contribution in [0.4, 0.5) is 0 Å². The maximum absolute atomic E-state index is 12.0. The Balaban J connectivity index is 1.99. The molecule has 1 unspecified atom stereocenters. The number of imidazole rings is 1. The van der Waals surface area contributed by atoms with Crippen LogP contribution in [0.5, 0.6) is 0 Å². The second kappa shape index (κ2) is 5.97. The Morgan fingerprint density at radius 3 is 3.00 bits per heavy atom. The topological polar surface area (TPSA) is 70.9 Å². The first kappa shape index (κ1) is 13.7. The highest BCUT2D eigenvalue weighted by Crippen LogP contribution is 2.15. The molecule has 0 spiro atoms. The molecular weight excluding hydrogens is 262 g/mol. The van der Waals surface area contributed by atoms with Crippen molar-refractivity contribution >= 4 is 17.7 Å². The lowest BCUT2D eigenvalue weighted by Gasteiger charge is -2.09. The number of carbonyl (C=O) groups is 1. The third kappa shape index (κ3) is 3.41. The maximum atomic E-state index is 12.0. The van der Waals surface area contributed by atoms with Gasteiger partial charge < -0.3 is 14.7 Å². The lowest BCUT2D eigenvalue weighted by atomic mass is 10.3. The zero-order valence-electron chi connectivity index (χ0n) is 11.2.